The van der Waals surface area contributed by atoms with Crippen LogP contribution in [0.3, 0.4) is 0 Å². The van der Waals surface area contributed by atoms with Gasteiger partial charge in [-0.15, -0.1) is 0 Å². The maximum Gasteiger partial charge on any atom is 0.204 e. The van der Waals surface area contributed by atoms with E-state index in [0.717, 1.165) is 0 Å². The van der Waals surface area contributed by atoms with Gasteiger partial charge in [0, 0.05) is 19.7 Å². The van der Waals surface area contributed by atoms with Crippen molar-refractivity contribution in [3.63, 3.8) is 0 Å². The number of hydrogen-bond donors (Lipinski definition) is 0. The Labute approximate surface area is 86.6 Å². The largest absolute Gasteiger partial charge is 0.356 e. The van der Waals surface area contributed by atoms with Crippen LogP contribution in [0.25, 0.3) is 0 Å². The Morgan fingerprint density at radius 2 is 2.21 bits per heavy atom. The van der Waals surface area contributed by atoms with Gasteiger partial charge in [0.2, 0.25) is 8.10 Å². The Morgan fingerprint density at radius 3 is 2.71 bits per heavy atom. The molecule has 0 aromatic carbocycles. The normalized spacial score (nSPS) is 32.0. The van der Waals surface area contributed by atoms with E-state index in [1.807, 2.05) is 26.6 Å². The van der Waals surface area contributed by atoms with E-state index in [2.05, 4.69) is 0 Å². The van der Waals surface area contributed by atoms with E-state index in [9.17, 15) is 4.57 Å². The molecule has 0 aliphatic carbocycles. The topological polar surface area (TPSA) is 42.0 Å². The van der Waals surface area contributed by atoms with Crippen molar-refractivity contribution >= 4 is 15.9 Å². The Balaban J connectivity index is 2.57. The van der Waals surface area contributed by atoms with Gasteiger partial charge in [-0.2, -0.15) is 0 Å². The highest BCUT2D eigenvalue weighted by molar-refractivity contribution is 7.39. The summed E-state index contributed by atoms with van der Waals surface area (Å²) in [5.74, 6) is 0. The molecule has 0 spiro atoms. The third-order valence-corrected chi connectivity index (χ3v) is 3.82. The van der Waals surface area contributed by atoms with Crippen molar-refractivity contribution in [1.82, 2.24) is 9.34 Å². The highest BCUT2D eigenvalue weighted by Gasteiger charge is 2.28. The molecule has 0 amide bonds. The van der Waals surface area contributed by atoms with E-state index in [-0.39, 0.29) is 12.3 Å². The molecule has 7 heteroatoms. The molecular weight excluding hydrogens is 202 g/mol. The molecule has 1 aliphatic rings. The van der Waals surface area contributed by atoms with Gasteiger partial charge in [-0.25, -0.2) is 9.34 Å². The third-order valence-electron chi connectivity index (χ3n) is 2.15. The molecule has 1 rings (SSSR count). The van der Waals surface area contributed by atoms with Crippen molar-refractivity contribution in [2.45, 2.75) is 12.3 Å². The molecule has 14 heavy (non-hydrogen) atoms. The lowest BCUT2D eigenvalue weighted by Gasteiger charge is -2.36. The molecule has 1 fully saturated rings. The summed E-state index contributed by atoms with van der Waals surface area (Å²) in [6, 6.07) is 0.0719. The summed E-state index contributed by atoms with van der Waals surface area (Å²) in [5.41, 5.74) is 0. The number of nitrogens with zero attached hydrogens (tertiary/aromatic N) is 2. The van der Waals surface area contributed by atoms with Crippen LogP contribution in [0.2, 0.25) is 0 Å². The third kappa shape index (κ3) is 3.07. The Hall–Kier alpha value is 0.135. The van der Waals surface area contributed by atoms with E-state index < -0.39 is 8.10 Å². The highest BCUT2D eigenvalue weighted by atomic mass is 31.1. The van der Waals surface area contributed by atoms with Crippen LogP contribution in [-0.4, -0.2) is 63.8 Å². The van der Waals surface area contributed by atoms with Gasteiger partial charge in [0.15, 0.2) is 6.29 Å². The van der Waals surface area contributed by atoms with Crippen LogP contribution in [0.15, 0.2) is 0 Å². The quantitative estimate of drug-likeness (QED) is 0.460. The standard InChI is InChI=1S/C7H18BN2O3P/c1-9(2)14(11)10-4-6(8)13-7(5-10)12-3/h6-7,14H,4-5,8H2,1-3H3. The lowest BCUT2D eigenvalue weighted by molar-refractivity contribution is -0.164. The summed E-state index contributed by atoms with van der Waals surface area (Å²) in [6.45, 7) is 1.28. The van der Waals surface area contributed by atoms with Gasteiger partial charge < -0.3 is 9.47 Å². The number of hydrogen-bond acceptors (Lipinski definition) is 3. The molecule has 0 radical (unpaired) electrons. The van der Waals surface area contributed by atoms with Gasteiger partial charge in [-0.05, 0) is 14.1 Å². The summed E-state index contributed by atoms with van der Waals surface area (Å²) >= 11 is 0. The van der Waals surface area contributed by atoms with E-state index in [4.69, 9.17) is 9.47 Å². The second-order valence-electron chi connectivity index (χ2n) is 3.69. The zero-order valence-corrected chi connectivity index (χ0v) is 10.2. The molecule has 82 valence electrons. The van der Waals surface area contributed by atoms with Crippen LogP contribution < -0.4 is 0 Å². The molecule has 0 saturated carbocycles. The fraction of sp³-hybridized carbons (Fsp3) is 1.00. The molecule has 0 bridgehead atoms. The van der Waals surface area contributed by atoms with Crippen LogP contribution in [0.1, 0.15) is 0 Å². The maximum absolute atomic E-state index is 11.8. The van der Waals surface area contributed by atoms with Crippen molar-refractivity contribution in [1.29, 1.82) is 0 Å². The predicted octanol–water partition coefficient (Wildman–Crippen LogP) is -0.798. The zero-order valence-electron chi connectivity index (χ0n) is 9.19. The van der Waals surface area contributed by atoms with Crippen LogP contribution in [0, 0.1) is 0 Å². The molecule has 0 aromatic heterocycles. The monoisotopic (exact) mass is 220 g/mol. The molecule has 1 saturated heterocycles. The van der Waals surface area contributed by atoms with Crippen molar-refractivity contribution in [3.05, 3.63) is 0 Å². The number of methoxy groups -OCH3 is 1. The predicted molar refractivity (Wildman–Crippen MR) is 58.5 cm³/mol. The molecule has 0 N–H and O–H groups in total. The van der Waals surface area contributed by atoms with Gasteiger partial charge in [0.05, 0.1) is 6.54 Å². The summed E-state index contributed by atoms with van der Waals surface area (Å²) in [7, 11) is 5.39. The zero-order chi connectivity index (χ0) is 10.7. The first kappa shape index (κ1) is 12.2. The minimum atomic E-state index is -1.83. The fourth-order valence-corrected chi connectivity index (χ4v) is 2.76. The van der Waals surface area contributed by atoms with E-state index in [1.54, 1.807) is 11.8 Å². The number of morpholine rings is 1. The van der Waals surface area contributed by atoms with Gasteiger partial charge in [-0.1, -0.05) is 0 Å². The van der Waals surface area contributed by atoms with E-state index in [0.29, 0.717) is 13.1 Å². The minimum Gasteiger partial charge on any atom is -0.356 e. The molecule has 3 atom stereocenters. The molecule has 5 nitrogen and oxygen atoms in total. The molecule has 1 aliphatic heterocycles. The minimum absolute atomic E-state index is 0.0719. The van der Waals surface area contributed by atoms with Crippen molar-refractivity contribution in [2.75, 3.05) is 34.3 Å². The summed E-state index contributed by atoms with van der Waals surface area (Å²) in [5, 5.41) is 0. The SMILES string of the molecule is BC1CN([PH](=O)N(C)C)CC(OC)O1. The Morgan fingerprint density at radius 1 is 1.57 bits per heavy atom. The van der Waals surface area contributed by atoms with Gasteiger partial charge >= 0.3 is 0 Å². The smallest absolute Gasteiger partial charge is 0.204 e. The van der Waals surface area contributed by atoms with Gasteiger partial charge in [-0.3, -0.25) is 4.57 Å². The lowest BCUT2D eigenvalue weighted by atomic mass is 9.99. The maximum atomic E-state index is 11.8. The average molecular weight is 220 g/mol. The van der Waals surface area contributed by atoms with Gasteiger partial charge in [0.25, 0.3) is 0 Å². The van der Waals surface area contributed by atoms with Crippen molar-refractivity contribution < 1.29 is 14.0 Å². The number of rotatable bonds is 3. The lowest BCUT2D eigenvalue weighted by Crippen LogP contribution is -2.46. The fourth-order valence-electron chi connectivity index (χ4n) is 1.48. The van der Waals surface area contributed by atoms with Gasteiger partial charge in [0.1, 0.15) is 7.85 Å². The van der Waals surface area contributed by atoms with Crippen LogP contribution in [0.5, 0.6) is 0 Å². The van der Waals surface area contributed by atoms with Crippen molar-refractivity contribution in [2.24, 2.45) is 0 Å². The Kier molecular flexibility index (Phi) is 4.61. The van der Waals surface area contributed by atoms with Crippen LogP contribution >= 0.6 is 8.10 Å². The number of ether oxygens (including phenoxy) is 2. The summed E-state index contributed by atoms with van der Waals surface area (Å²) in [6.07, 6.45) is -0.257. The molecule has 0 aromatic rings. The van der Waals surface area contributed by atoms with Crippen molar-refractivity contribution in [3.8, 4) is 0 Å². The van der Waals surface area contributed by atoms with Crippen LogP contribution in [0.4, 0.5) is 0 Å². The molecule has 1 heterocycles. The van der Waals surface area contributed by atoms with E-state index in [1.165, 1.54) is 0 Å². The molecular formula is C7H18BN2O3P. The van der Waals surface area contributed by atoms with E-state index >= 15 is 0 Å². The Bertz CT molecular complexity index is 217. The summed E-state index contributed by atoms with van der Waals surface area (Å²) in [4.78, 5) is 0. The molecule has 3 unspecified atom stereocenters. The first-order chi connectivity index (χ1) is 6.54. The second kappa shape index (κ2) is 5.28. The first-order valence-electron chi connectivity index (χ1n) is 4.69. The second-order valence-corrected chi connectivity index (χ2v) is 5.79. The highest BCUT2D eigenvalue weighted by Crippen LogP contribution is 2.31. The van der Waals surface area contributed by atoms with Crippen LogP contribution in [-0.2, 0) is 14.0 Å². The average Bonchev–Trinajstić information content (AvgIpc) is 2.15. The first-order valence-corrected chi connectivity index (χ1v) is 5.99. The summed E-state index contributed by atoms with van der Waals surface area (Å²) < 4.78 is 26.1.